The maximum atomic E-state index is 12.0. The molecule has 102 valence electrons. The average molecular weight is 256 g/mol. The largest absolute Gasteiger partial charge is 0.467 e. The van der Waals surface area contributed by atoms with Crippen LogP contribution in [0.1, 0.15) is 13.8 Å². The number of nitrogens with two attached hydrogens (primary N) is 1. The summed E-state index contributed by atoms with van der Waals surface area (Å²) in [6.45, 7) is 3.09. The van der Waals surface area contributed by atoms with Gasteiger partial charge in [0.05, 0.1) is 12.7 Å². The molecule has 0 bridgehead atoms. The van der Waals surface area contributed by atoms with E-state index in [4.69, 9.17) is 11.1 Å². The highest BCUT2D eigenvalue weighted by atomic mass is 16.5. The first-order valence-electron chi connectivity index (χ1n) is 5.41. The highest BCUT2D eigenvalue weighted by Crippen LogP contribution is 2.04. The van der Waals surface area contributed by atoms with Crippen LogP contribution in [0.5, 0.6) is 0 Å². The summed E-state index contributed by atoms with van der Waals surface area (Å²) in [6.07, 6.45) is 0. The minimum absolute atomic E-state index is 0.0681. The molecule has 0 spiro atoms. The Kier molecular flexibility index (Phi) is 6.66. The molecule has 0 aliphatic heterocycles. The van der Waals surface area contributed by atoms with Crippen molar-refractivity contribution in [3.8, 4) is 0 Å². The molecule has 5 N–H and O–H groups in total. The van der Waals surface area contributed by atoms with Crippen molar-refractivity contribution in [1.82, 2.24) is 10.6 Å². The summed E-state index contributed by atoms with van der Waals surface area (Å²) in [5.41, 5.74) is 6.20. The molecule has 0 saturated heterocycles. The normalized spacial score (nSPS) is 13.2. The fourth-order valence-electron chi connectivity index (χ4n) is 1.33. The van der Waals surface area contributed by atoms with Gasteiger partial charge in [-0.25, -0.2) is 4.79 Å². The van der Waals surface area contributed by atoms with E-state index in [0.29, 0.717) is 5.70 Å². The zero-order valence-electron chi connectivity index (χ0n) is 11.1. The topological polar surface area (TPSA) is 117 Å². The molecule has 0 rings (SSSR count). The van der Waals surface area contributed by atoms with Gasteiger partial charge in [0, 0.05) is 25.0 Å². The molecule has 0 saturated carbocycles. The summed E-state index contributed by atoms with van der Waals surface area (Å²) in [4.78, 5) is 23.3. The van der Waals surface area contributed by atoms with Crippen molar-refractivity contribution in [3.63, 3.8) is 0 Å². The smallest absolute Gasteiger partial charge is 0.329 e. The number of nitrogens with one attached hydrogen (secondary N) is 3. The van der Waals surface area contributed by atoms with E-state index < -0.39 is 17.9 Å². The van der Waals surface area contributed by atoms with Crippen molar-refractivity contribution in [2.24, 2.45) is 5.73 Å². The number of carbonyl (C=O) groups excluding carboxylic acids is 2. The summed E-state index contributed by atoms with van der Waals surface area (Å²) in [5, 5.41) is 12.8. The summed E-state index contributed by atoms with van der Waals surface area (Å²) in [6, 6.07) is -0.915. The van der Waals surface area contributed by atoms with E-state index in [1.807, 2.05) is 0 Å². The van der Waals surface area contributed by atoms with Crippen LogP contribution >= 0.6 is 0 Å². The van der Waals surface area contributed by atoms with Gasteiger partial charge in [-0.1, -0.05) is 0 Å². The zero-order chi connectivity index (χ0) is 14.3. The van der Waals surface area contributed by atoms with Gasteiger partial charge in [-0.3, -0.25) is 4.79 Å². The second kappa shape index (κ2) is 7.44. The third-order valence-electron chi connectivity index (χ3n) is 2.38. The molecule has 0 aliphatic carbocycles. The summed E-state index contributed by atoms with van der Waals surface area (Å²) in [5.74, 6) is -1.15. The molecule has 0 aromatic carbocycles. The van der Waals surface area contributed by atoms with Gasteiger partial charge < -0.3 is 26.5 Å². The van der Waals surface area contributed by atoms with Crippen LogP contribution in [0.25, 0.3) is 0 Å². The lowest BCUT2D eigenvalue weighted by Gasteiger charge is -2.17. The molecule has 7 heteroatoms. The molecule has 0 aliphatic rings. The van der Waals surface area contributed by atoms with Crippen LogP contribution in [0.15, 0.2) is 11.3 Å². The minimum Gasteiger partial charge on any atom is -0.467 e. The van der Waals surface area contributed by atoms with E-state index in [1.54, 1.807) is 14.0 Å². The molecule has 0 radical (unpaired) electrons. The Morgan fingerprint density at radius 2 is 1.94 bits per heavy atom. The molecule has 1 atom stereocenters. The van der Waals surface area contributed by atoms with Gasteiger partial charge in [-0.2, -0.15) is 0 Å². The number of amides is 1. The van der Waals surface area contributed by atoms with Crippen molar-refractivity contribution in [1.29, 1.82) is 5.41 Å². The standard InChI is InChI=1S/C11H20N4O3/c1-6(13)9(7(2)14-3)10(16)15-8(5-12)11(17)18-4/h8,13-14H,5,12H2,1-4H3,(H,15,16)/b9-7+,13-6?/t8-/m0/s1. The van der Waals surface area contributed by atoms with Gasteiger partial charge >= 0.3 is 5.97 Å². The van der Waals surface area contributed by atoms with Gasteiger partial charge in [0.25, 0.3) is 5.91 Å². The van der Waals surface area contributed by atoms with E-state index in [0.717, 1.165) is 0 Å². The monoisotopic (exact) mass is 256 g/mol. The first-order chi connectivity index (χ1) is 8.38. The molecule has 0 heterocycles. The number of hydrogen-bond acceptors (Lipinski definition) is 6. The first-order valence-corrected chi connectivity index (χ1v) is 5.41. The minimum atomic E-state index is -0.915. The van der Waals surface area contributed by atoms with E-state index in [2.05, 4.69) is 15.4 Å². The molecular formula is C11H20N4O3. The molecule has 7 nitrogen and oxygen atoms in total. The molecular weight excluding hydrogens is 236 g/mol. The van der Waals surface area contributed by atoms with Crippen LogP contribution in [0, 0.1) is 5.41 Å². The highest BCUT2D eigenvalue weighted by molar-refractivity contribution is 6.20. The second-order valence-corrected chi connectivity index (χ2v) is 3.66. The van der Waals surface area contributed by atoms with Gasteiger partial charge in [0.1, 0.15) is 6.04 Å². The lowest BCUT2D eigenvalue weighted by molar-refractivity contribution is -0.144. The maximum absolute atomic E-state index is 12.0. The summed E-state index contributed by atoms with van der Waals surface area (Å²) < 4.78 is 4.51. The van der Waals surface area contributed by atoms with Crippen molar-refractivity contribution in [2.75, 3.05) is 20.7 Å². The first kappa shape index (κ1) is 16.1. The fourth-order valence-corrected chi connectivity index (χ4v) is 1.33. The quantitative estimate of drug-likeness (QED) is 0.280. The Hall–Kier alpha value is -1.89. The summed E-state index contributed by atoms with van der Waals surface area (Å²) >= 11 is 0. The number of ether oxygens (including phenoxy) is 1. The second-order valence-electron chi connectivity index (χ2n) is 3.66. The summed E-state index contributed by atoms with van der Waals surface area (Å²) in [7, 11) is 2.86. The lowest BCUT2D eigenvalue weighted by Crippen LogP contribution is -2.47. The van der Waals surface area contributed by atoms with Crippen LogP contribution < -0.4 is 16.4 Å². The van der Waals surface area contributed by atoms with E-state index in [1.165, 1.54) is 14.0 Å². The van der Waals surface area contributed by atoms with E-state index >= 15 is 0 Å². The highest BCUT2D eigenvalue weighted by Gasteiger charge is 2.23. The molecule has 1 amide bonds. The van der Waals surface area contributed by atoms with Gasteiger partial charge in [-0.15, -0.1) is 0 Å². The number of hydrogen-bond donors (Lipinski definition) is 4. The van der Waals surface area contributed by atoms with Crippen molar-refractivity contribution in [2.45, 2.75) is 19.9 Å². The maximum Gasteiger partial charge on any atom is 0.329 e. The number of methoxy groups -OCH3 is 1. The Morgan fingerprint density at radius 1 is 1.39 bits per heavy atom. The van der Waals surface area contributed by atoms with Gasteiger partial charge in [0.2, 0.25) is 0 Å². The van der Waals surface area contributed by atoms with E-state index in [9.17, 15) is 9.59 Å². The fraction of sp³-hybridized carbons (Fsp3) is 0.545. The molecule has 0 unspecified atom stereocenters. The van der Waals surface area contributed by atoms with Crippen LogP contribution in [0.2, 0.25) is 0 Å². The molecule has 18 heavy (non-hydrogen) atoms. The van der Waals surface area contributed by atoms with Crippen LogP contribution in [0.3, 0.4) is 0 Å². The van der Waals surface area contributed by atoms with Crippen LogP contribution in [0.4, 0.5) is 0 Å². The van der Waals surface area contributed by atoms with Crippen LogP contribution in [-0.4, -0.2) is 44.3 Å². The van der Waals surface area contributed by atoms with Gasteiger partial charge in [-0.05, 0) is 13.8 Å². The number of rotatable bonds is 6. The van der Waals surface area contributed by atoms with E-state index in [-0.39, 0.29) is 17.8 Å². The number of esters is 1. The zero-order valence-corrected chi connectivity index (χ0v) is 11.1. The Morgan fingerprint density at radius 3 is 2.28 bits per heavy atom. The predicted octanol–water partition coefficient (Wildman–Crippen LogP) is -0.864. The Labute approximate surface area is 106 Å². The predicted molar refractivity (Wildman–Crippen MR) is 68.2 cm³/mol. The van der Waals surface area contributed by atoms with Crippen molar-refractivity contribution < 1.29 is 14.3 Å². The third-order valence-corrected chi connectivity index (χ3v) is 2.38. The Balaban J connectivity index is 5.03. The Bertz CT molecular complexity index is 376. The molecule has 0 aromatic rings. The van der Waals surface area contributed by atoms with Gasteiger partial charge in [0.15, 0.2) is 0 Å². The number of carbonyl (C=O) groups is 2. The molecule has 0 aromatic heterocycles. The third kappa shape index (κ3) is 4.17. The SMILES string of the molecule is CN/C(C)=C(\C(C)=N)C(=O)N[C@@H](CN)C(=O)OC. The van der Waals surface area contributed by atoms with Crippen molar-refractivity contribution in [3.05, 3.63) is 11.3 Å². The molecule has 0 fully saturated rings. The van der Waals surface area contributed by atoms with Crippen LogP contribution in [-0.2, 0) is 14.3 Å². The number of allylic oxidation sites excluding steroid dienone is 1. The lowest BCUT2D eigenvalue weighted by atomic mass is 10.1. The van der Waals surface area contributed by atoms with Crippen molar-refractivity contribution >= 4 is 17.6 Å². The average Bonchev–Trinajstić information content (AvgIpc) is 2.34.